The first kappa shape index (κ1) is 13.1. The summed E-state index contributed by atoms with van der Waals surface area (Å²) in [5.41, 5.74) is 2.09. The Kier molecular flexibility index (Phi) is 3.92. The molecule has 2 aromatic rings. The zero-order valence-corrected chi connectivity index (χ0v) is 11.4. The molecule has 0 aromatic carbocycles. The Labute approximate surface area is 119 Å². The molecule has 3 heterocycles. The minimum atomic E-state index is -0.403. The van der Waals surface area contributed by atoms with Crippen molar-refractivity contribution < 1.29 is 5.11 Å². The Morgan fingerprint density at radius 1 is 1.05 bits per heavy atom. The van der Waals surface area contributed by atoms with Gasteiger partial charge in [0.1, 0.15) is 0 Å². The van der Waals surface area contributed by atoms with Crippen LogP contribution in [0.1, 0.15) is 24.5 Å². The molecule has 1 N–H and O–H groups in total. The Morgan fingerprint density at radius 3 is 2.35 bits per heavy atom. The molecule has 0 aliphatic carbocycles. The first-order valence-electron chi connectivity index (χ1n) is 7.07. The lowest BCUT2D eigenvalue weighted by molar-refractivity contribution is 0.0926. The number of hydrogen-bond donors (Lipinski definition) is 1. The SMILES string of the molecule is O[C@H](c1cccnc1)C1CCN(c2cccnc2)CC1. The van der Waals surface area contributed by atoms with Gasteiger partial charge in [0.05, 0.1) is 18.0 Å². The van der Waals surface area contributed by atoms with Crippen molar-refractivity contribution in [1.29, 1.82) is 0 Å². The van der Waals surface area contributed by atoms with E-state index in [4.69, 9.17) is 0 Å². The van der Waals surface area contributed by atoms with Gasteiger partial charge in [-0.2, -0.15) is 0 Å². The summed E-state index contributed by atoms with van der Waals surface area (Å²) < 4.78 is 0. The third kappa shape index (κ3) is 2.80. The van der Waals surface area contributed by atoms with Gasteiger partial charge in [0.15, 0.2) is 0 Å². The highest BCUT2D eigenvalue weighted by molar-refractivity contribution is 5.43. The number of piperidine rings is 1. The maximum Gasteiger partial charge on any atom is 0.0834 e. The summed E-state index contributed by atoms with van der Waals surface area (Å²) in [5, 5.41) is 10.4. The van der Waals surface area contributed by atoms with Crippen LogP contribution in [0.3, 0.4) is 0 Å². The summed E-state index contributed by atoms with van der Waals surface area (Å²) in [5.74, 6) is 0.312. The van der Waals surface area contributed by atoms with Gasteiger partial charge in [-0.05, 0) is 42.5 Å². The fraction of sp³-hybridized carbons (Fsp3) is 0.375. The smallest absolute Gasteiger partial charge is 0.0834 e. The average molecular weight is 269 g/mol. The van der Waals surface area contributed by atoms with Crippen molar-refractivity contribution in [2.24, 2.45) is 5.92 Å². The van der Waals surface area contributed by atoms with Crippen molar-refractivity contribution in [3.63, 3.8) is 0 Å². The second kappa shape index (κ2) is 6.01. The summed E-state index contributed by atoms with van der Waals surface area (Å²) in [6.45, 7) is 1.93. The molecule has 4 heteroatoms. The molecule has 1 aliphatic heterocycles. The molecule has 20 heavy (non-hydrogen) atoms. The van der Waals surface area contributed by atoms with Crippen LogP contribution in [-0.4, -0.2) is 28.2 Å². The van der Waals surface area contributed by atoms with Crippen LogP contribution < -0.4 is 4.90 Å². The summed E-state index contributed by atoms with van der Waals surface area (Å²) in [4.78, 5) is 10.6. The van der Waals surface area contributed by atoms with Gasteiger partial charge in [-0.15, -0.1) is 0 Å². The molecule has 1 atom stereocenters. The van der Waals surface area contributed by atoms with Crippen molar-refractivity contribution in [2.45, 2.75) is 18.9 Å². The quantitative estimate of drug-likeness (QED) is 0.929. The minimum Gasteiger partial charge on any atom is -0.388 e. The largest absolute Gasteiger partial charge is 0.388 e. The molecular weight excluding hydrogens is 250 g/mol. The molecule has 1 fully saturated rings. The highest BCUT2D eigenvalue weighted by Gasteiger charge is 2.26. The Bertz CT molecular complexity index is 524. The number of aromatic nitrogens is 2. The van der Waals surface area contributed by atoms with E-state index in [1.54, 1.807) is 18.6 Å². The van der Waals surface area contributed by atoms with Gasteiger partial charge in [-0.25, -0.2) is 0 Å². The highest BCUT2D eigenvalue weighted by Crippen LogP contribution is 2.31. The second-order valence-corrected chi connectivity index (χ2v) is 5.27. The molecule has 0 spiro atoms. The number of hydrogen-bond acceptors (Lipinski definition) is 4. The maximum atomic E-state index is 10.4. The molecule has 0 bridgehead atoms. The number of pyridine rings is 2. The standard InChI is InChI=1S/C16H19N3O/c20-16(14-3-1-7-17-11-14)13-5-9-19(10-6-13)15-4-2-8-18-12-15/h1-4,7-8,11-13,16,20H,5-6,9-10H2/t16-/m0/s1. The van der Waals surface area contributed by atoms with E-state index in [1.165, 1.54) is 5.69 Å². The summed E-state index contributed by atoms with van der Waals surface area (Å²) >= 11 is 0. The monoisotopic (exact) mass is 269 g/mol. The number of aliphatic hydroxyl groups excluding tert-OH is 1. The topological polar surface area (TPSA) is 49.3 Å². The van der Waals surface area contributed by atoms with Crippen LogP contribution in [-0.2, 0) is 0 Å². The van der Waals surface area contributed by atoms with Gasteiger partial charge in [-0.1, -0.05) is 6.07 Å². The lowest BCUT2D eigenvalue weighted by Gasteiger charge is -2.35. The van der Waals surface area contributed by atoms with Crippen LogP contribution >= 0.6 is 0 Å². The van der Waals surface area contributed by atoms with Crippen molar-refractivity contribution in [3.8, 4) is 0 Å². The van der Waals surface area contributed by atoms with E-state index in [0.717, 1.165) is 31.5 Å². The van der Waals surface area contributed by atoms with Crippen molar-refractivity contribution in [2.75, 3.05) is 18.0 Å². The van der Waals surface area contributed by atoms with E-state index < -0.39 is 6.10 Å². The lowest BCUT2D eigenvalue weighted by Crippen LogP contribution is -2.35. The summed E-state index contributed by atoms with van der Waals surface area (Å²) in [6.07, 6.45) is 8.77. The van der Waals surface area contributed by atoms with Gasteiger partial charge in [0.25, 0.3) is 0 Å². The first-order valence-corrected chi connectivity index (χ1v) is 7.07. The third-order valence-electron chi connectivity index (χ3n) is 4.02. The molecule has 3 rings (SSSR count). The Balaban J connectivity index is 1.61. The minimum absolute atomic E-state index is 0.312. The van der Waals surface area contributed by atoms with Crippen molar-refractivity contribution >= 4 is 5.69 Å². The van der Waals surface area contributed by atoms with Gasteiger partial charge in [-0.3, -0.25) is 9.97 Å². The third-order valence-corrected chi connectivity index (χ3v) is 4.02. The number of anilines is 1. The average Bonchev–Trinajstić information content (AvgIpc) is 2.56. The molecule has 0 radical (unpaired) electrons. The van der Waals surface area contributed by atoms with Crippen LogP contribution in [0.15, 0.2) is 49.1 Å². The zero-order chi connectivity index (χ0) is 13.8. The number of rotatable bonds is 3. The Hall–Kier alpha value is -1.94. The van der Waals surface area contributed by atoms with E-state index in [2.05, 4.69) is 20.9 Å². The Morgan fingerprint density at radius 2 is 1.75 bits per heavy atom. The highest BCUT2D eigenvalue weighted by atomic mass is 16.3. The summed E-state index contributed by atoms with van der Waals surface area (Å²) in [7, 11) is 0. The van der Waals surface area contributed by atoms with Crippen LogP contribution in [0, 0.1) is 5.92 Å². The van der Waals surface area contributed by atoms with E-state index in [0.29, 0.717) is 5.92 Å². The molecule has 0 saturated carbocycles. The van der Waals surface area contributed by atoms with Crippen LogP contribution in [0.2, 0.25) is 0 Å². The van der Waals surface area contributed by atoms with Gasteiger partial charge in [0.2, 0.25) is 0 Å². The van der Waals surface area contributed by atoms with Crippen molar-refractivity contribution in [3.05, 3.63) is 54.6 Å². The molecule has 4 nitrogen and oxygen atoms in total. The van der Waals surface area contributed by atoms with Crippen LogP contribution in [0.25, 0.3) is 0 Å². The van der Waals surface area contributed by atoms with E-state index >= 15 is 0 Å². The molecular formula is C16H19N3O. The number of nitrogens with zero attached hydrogens (tertiary/aromatic N) is 3. The predicted octanol–water partition coefficient (Wildman–Crippen LogP) is 2.43. The van der Waals surface area contributed by atoms with Crippen molar-refractivity contribution in [1.82, 2.24) is 9.97 Å². The maximum absolute atomic E-state index is 10.4. The fourth-order valence-corrected chi connectivity index (χ4v) is 2.84. The van der Waals surface area contributed by atoms with E-state index in [9.17, 15) is 5.11 Å². The lowest BCUT2D eigenvalue weighted by atomic mass is 9.88. The molecule has 1 aliphatic rings. The van der Waals surface area contributed by atoms with Gasteiger partial charge < -0.3 is 10.0 Å². The normalized spacial score (nSPS) is 17.9. The molecule has 2 aromatic heterocycles. The molecule has 0 unspecified atom stereocenters. The molecule has 0 amide bonds. The fourth-order valence-electron chi connectivity index (χ4n) is 2.84. The molecule has 1 saturated heterocycles. The van der Waals surface area contributed by atoms with Gasteiger partial charge >= 0.3 is 0 Å². The zero-order valence-electron chi connectivity index (χ0n) is 11.4. The van der Waals surface area contributed by atoms with Crippen LogP contribution in [0.4, 0.5) is 5.69 Å². The number of aliphatic hydroxyl groups is 1. The predicted molar refractivity (Wildman–Crippen MR) is 78.4 cm³/mol. The van der Waals surface area contributed by atoms with Gasteiger partial charge in [0, 0.05) is 31.7 Å². The second-order valence-electron chi connectivity index (χ2n) is 5.27. The molecule has 104 valence electrons. The van der Waals surface area contributed by atoms with Crippen LogP contribution in [0.5, 0.6) is 0 Å². The van der Waals surface area contributed by atoms with E-state index in [-0.39, 0.29) is 0 Å². The summed E-state index contributed by atoms with van der Waals surface area (Å²) in [6, 6.07) is 7.88. The first-order chi connectivity index (χ1) is 9.84. The van der Waals surface area contributed by atoms with E-state index in [1.807, 2.05) is 24.4 Å².